The fourth-order valence-corrected chi connectivity index (χ4v) is 2.45. The number of aromatic nitrogens is 1. The summed E-state index contributed by atoms with van der Waals surface area (Å²) in [4.78, 5) is 16.2. The highest BCUT2D eigenvalue weighted by Gasteiger charge is 2.25. The maximum atomic E-state index is 12.2. The fourth-order valence-electron chi connectivity index (χ4n) is 1.34. The first kappa shape index (κ1) is 14.6. The lowest BCUT2D eigenvalue weighted by molar-refractivity contribution is -0.121. The Labute approximate surface area is 110 Å². The van der Waals surface area contributed by atoms with Gasteiger partial charge in [-0.2, -0.15) is 0 Å². The maximum absolute atomic E-state index is 12.2. The monoisotopic (exact) mass is 269 g/mol. The van der Waals surface area contributed by atoms with Gasteiger partial charge in [-0.1, -0.05) is 0 Å². The summed E-state index contributed by atoms with van der Waals surface area (Å²) in [7, 11) is -1.48. The Bertz CT molecular complexity index is 469. The van der Waals surface area contributed by atoms with E-state index in [1.54, 1.807) is 13.0 Å². The summed E-state index contributed by atoms with van der Waals surface area (Å²) in [5, 5.41) is 2.14. The molecule has 6 heteroatoms. The van der Waals surface area contributed by atoms with Crippen molar-refractivity contribution >= 4 is 22.4 Å². The summed E-state index contributed by atoms with van der Waals surface area (Å²) >= 11 is 0. The summed E-state index contributed by atoms with van der Waals surface area (Å²) < 4.78 is 12.2. The summed E-state index contributed by atoms with van der Waals surface area (Å²) in [6.45, 7) is 7.25. The number of nitrogens with one attached hydrogen (secondary N) is 1. The predicted octanol–water partition coefficient (Wildman–Crippen LogP) is 1.07. The molecule has 0 fully saturated rings. The van der Waals surface area contributed by atoms with Crippen LogP contribution in [0, 0.1) is 0 Å². The Kier molecular flexibility index (Phi) is 4.45. The fraction of sp³-hybridized carbons (Fsp3) is 0.500. The Morgan fingerprint density at radius 3 is 2.61 bits per heavy atom. The highest BCUT2D eigenvalue weighted by molar-refractivity contribution is 7.86. The normalized spacial score (nSPS) is 14.9. The van der Waals surface area contributed by atoms with E-state index in [-0.39, 0.29) is 11.4 Å². The first-order chi connectivity index (χ1) is 8.22. The third-order valence-electron chi connectivity index (χ3n) is 2.22. The van der Waals surface area contributed by atoms with Crippen LogP contribution in [0.25, 0.3) is 0 Å². The van der Waals surface area contributed by atoms with Gasteiger partial charge in [-0.15, -0.1) is 0 Å². The van der Waals surface area contributed by atoms with E-state index in [0.29, 0.717) is 10.6 Å². The van der Waals surface area contributed by atoms with Crippen molar-refractivity contribution in [3.05, 3.63) is 18.5 Å². The van der Waals surface area contributed by atoms with Crippen molar-refractivity contribution in [2.24, 2.45) is 0 Å². The van der Waals surface area contributed by atoms with Crippen molar-refractivity contribution < 1.29 is 9.00 Å². The molecule has 3 N–H and O–H groups in total. The molecule has 100 valence electrons. The molecule has 0 aromatic carbocycles. The largest absolute Gasteiger partial charge is 0.396 e. The van der Waals surface area contributed by atoms with Crippen LogP contribution in [0.4, 0.5) is 5.69 Å². The maximum Gasteiger partial charge on any atom is 0.236 e. The molecule has 1 aromatic rings. The van der Waals surface area contributed by atoms with Gasteiger partial charge in [0.05, 0.1) is 27.6 Å². The van der Waals surface area contributed by atoms with Gasteiger partial charge in [0.15, 0.2) is 0 Å². The first-order valence-corrected chi connectivity index (χ1v) is 6.86. The first-order valence-electron chi connectivity index (χ1n) is 5.64. The summed E-state index contributed by atoms with van der Waals surface area (Å²) in [5.74, 6) is -0.253. The van der Waals surface area contributed by atoms with E-state index in [9.17, 15) is 9.00 Å². The molecule has 1 amide bonds. The minimum Gasteiger partial charge on any atom is -0.396 e. The summed E-state index contributed by atoms with van der Waals surface area (Å²) in [5.41, 5.74) is 5.69. The van der Waals surface area contributed by atoms with Crippen LogP contribution >= 0.6 is 0 Å². The minimum absolute atomic E-state index is 0.253. The van der Waals surface area contributed by atoms with E-state index in [0.717, 1.165) is 0 Å². The zero-order valence-electron chi connectivity index (χ0n) is 11.1. The quantitative estimate of drug-likeness (QED) is 0.859. The van der Waals surface area contributed by atoms with Crippen molar-refractivity contribution in [2.75, 3.05) is 5.73 Å². The Hall–Kier alpha value is -1.43. The molecular weight excluding hydrogens is 250 g/mol. The van der Waals surface area contributed by atoms with E-state index >= 15 is 0 Å². The van der Waals surface area contributed by atoms with Crippen molar-refractivity contribution in [1.82, 2.24) is 10.3 Å². The molecule has 0 aliphatic heterocycles. The number of nitrogens with two attached hydrogens (primary N) is 1. The lowest BCUT2D eigenvalue weighted by atomic mass is 10.1. The third kappa shape index (κ3) is 3.80. The van der Waals surface area contributed by atoms with E-state index < -0.39 is 16.0 Å². The lowest BCUT2D eigenvalue weighted by Crippen LogP contribution is -2.46. The van der Waals surface area contributed by atoms with Crippen LogP contribution in [0.3, 0.4) is 0 Å². The average Bonchev–Trinajstić information content (AvgIpc) is 2.25. The highest BCUT2D eigenvalue weighted by atomic mass is 32.2. The van der Waals surface area contributed by atoms with Crippen LogP contribution in [0.5, 0.6) is 0 Å². The van der Waals surface area contributed by atoms with Crippen molar-refractivity contribution in [1.29, 1.82) is 0 Å². The van der Waals surface area contributed by atoms with Crippen LogP contribution in [0.2, 0.25) is 0 Å². The topological polar surface area (TPSA) is 85.1 Å². The van der Waals surface area contributed by atoms with Crippen LogP contribution < -0.4 is 11.1 Å². The number of amides is 1. The number of rotatable bonds is 3. The molecule has 2 unspecified atom stereocenters. The number of carbonyl (C=O) groups is 1. The van der Waals surface area contributed by atoms with Crippen LogP contribution in [0.1, 0.15) is 27.7 Å². The van der Waals surface area contributed by atoms with E-state index in [4.69, 9.17) is 5.73 Å². The number of hydrogen-bond acceptors (Lipinski definition) is 4. The zero-order chi connectivity index (χ0) is 13.9. The second kappa shape index (κ2) is 5.48. The smallest absolute Gasteiger partial charge is 0.236 e. The summed E-state index contributed by atoms with van der Waals surface area (Å²) in [6, 6.07) is 1.58. The molecule has 2 atom stereocenters. The van der Waals surface area contributed by atoms with Gasteiger partial charge in [0.2, 0.25) is 5.91 Å². The van der Waals surface area contributed by atoms with Gasteiger partial charge >= 0.3 is 0 Å². The number of carbonyl (C=O) groups excluding carboxylic acids is 1. The van der Waals surface area contributed by atoms with Crippen molar-refractivity contribution in [2.45, 2.75) is 43.4 Å². The molecule has 0 spiro atoms. The molecule has 0 radical (unpaired) electrons. The number of nitrogen functional groups attached to an aromatic ring is 1. The molecular formula is C12H19N3O2S. The molecule has 1 rings (SSSR count). The van der Waals surface area contributed by atoms with E-state index in [1.165, 1.54) is 12.4 Å². The van der Waals surface area contributed by atoms with Gasteiger partial charge in [-0.25, -0.2) is 0 Å². The average molecular weight is 269 g/mol. The van der Waals surface area contributed by atoms with Crippen LogP contribution in [-0.4, -0.2) is 25.9 Å². The number of nitrogens with zero attached hydrogens (tertiary/aromatic N) is 1. The lowest BCUT2D eigenvalue weighted by Gasteiger charge is -2.23. The second-order valence-corrected chi connectivity index (χ2v) is 6.83. The molecule has 18 heavy (non-hydrogen) atoms. The molecule has 0 bridgehead atoms. The van der Waals surface area contributed by atoms with Gasteiger partial charge in [0, 0.05) is 11.7 Å². The van der Waals surface area contributed by atoms with Gasteiger partial charge < -0.3 is 11.1 Å². The molecule has 0 aliphatic rings. The molecule has 0 aliphatic carbocycles. The molecule has 5 nitrogen and oxygen atoms in total. The van der Waals surface area contributed by atoms with E-state index in [1.807, 2.05) is 20.8 Å². The summed E-state index contributed by atoms with van der Waals surface area (Å²) in [6.07, 6.45) is 2.94. The molecule has 1 heterocycles. The van der Waals surface area contributed by atoms with Crippen LogP contribution in [0.15, 0.2) is 23.4 Å². The van der Waals surface area contributed by atoms with Gasteiger partial charge in [0.1, 0.15) is 5.25 Å². The molecule has 0 saturated heterocycles. The SMILES string of the molecule is CC(C(=O)NC(C)(C)C)S(=O)c1ccncc1N. The van der Waals surface area contributed by atoms with Gasteiger partial charge in [-0.05, 0) is 33.8 Å². The Morgan fingerprint density at radius 2 is 2.11 bits per heavy atom. The Balaban J connectivity index is 2.85. The second-order valence-electron chi connectivity index (χ2n) is 5.09. The zero-order valence-corrected chi connectivity index (χ0v) is 11.9. The van der Waals surface area contributed by atoms with Gasteiger partial charge in [-0.3, -0.25) is 14.0 Å². The number of anilines is 1. The van der Waals surface area contributed by atoms with E-state index in [2.05, 4.69) is 10.3 Å². The molecule has 1 aromatic heterocycles. The standard InChI is InChI=1S/C12H19N3O2S/c1-8(11(16)15-12(2,3)4)18(17)10-5-6-14-7-9(10)13/h5-8H,13H2,1-4H3,(H,15,16). The number of pyridine rings is 1. The highest BCUT2D eigenvalue weighted by Crippen LogP contribution is 2.18. The number of hydrogen-bond donors (Lipinski definition) is 2. The van der Waals surface area contributed by atoms with Crippen molar-refractivity contribution in [3.8, 4) is 0 Å². The van der Waals surface area contributed by atoms with Crippen molar-refractivity contribution in [3.63, 3.8) is 0 Å². The Morgan fingerprint density at radius 1 is 1.50 bits per heavy atom. The van der Waals surface area contributed by atoms with Gasteiger partial charge in [0.25, 0.3) is 0 Å². The molecule has 0 saturated carbocycles. The predicted molar refractivity (Wildman–Crippen MR) is 72.4 cm³/mol. The van der Waals surface area contributed by atoms with Crippen LogP contribution in [-0.2, 0) is 15.6 Å². The third-order valence-corrected chi connectivity index (χ3v) is 3.88. The minimum atomic E-state index is -1.48.